The van der Waals surface area contributed by atoms with Crippen LogP contribution in [0.25, 0.3) is 11.3 Å². The molecule has 0 saturated carbocycles. The molecule has 0 bridgehead atoms. The number of amides is 1. The monoisotopic (exact) mass is 363 g/mol. The third kappa shape index (κ3) is 3.79. The molecule has 0 saturated heterocycles. The Hall–Kier alpha value is -2.89. The molecule has 1 amide bonds. The van der Waals surface area contributed by atoms with E-state index < -0.39 is 0 Å². The van der Waals surface area contributed by atoms with Crippen LogP contribution in [0.5, 0.6) is 0 Å². The molecule has 4 rings (SSSR count). The maximum atomic E-state index is 12.7. The molecule has 3 heterocycles. The first-order chi connectivity index (χ1) is 13.2. The molecule has 0 fully saturated rings. The zero-order chi connectivity index (χ0) is 18.6. The van der Waals surface area contributed by atoms with Crippen molar-refractivity contribution in [2.75, 3.05) is 13.1 Å². The Kier molecular flexibility index (Phi) is 5.05. The number of nitrogens with one attached hydrogen (secondary N) is 1. The summed E-state index contributed by atoms with van der Waals surface area (Å²) < 4.78 is 1.99. The third-order valence-electron chi connectivity index (χ3n) is 5.29. The highest BCUT2D eigenvalue weighted by molar-refractivity contribution is 5.76. The Balaban J connectivity index is 1.41. The lowest BCUT2D eigenvalue weighted by atomic mass is 10.0. The Labute approximate surface area is 159 Å². The lowest BCUT2D eigenvalue weighted by molar-refractivity contribution is -0.131. The van der Waals surface area contributed by atoms with Gasteiger partial charge in [-0.2, -0.15) is 10.2 Å². The highest BCUT2D eigenvalue weighted by Crippen LogP contribution is 2.28. The highest BCUT2D eigenvalue weighted by atomic mass is 16.2. The molecule has 1 aromatic carbocycles. The number of hydrogen-bond donors (Lipinski definition) is 1. The molecule has 0 radical (unpaired) electrons. The van der Waals surface area contributed by atoms with Crippen molar-refractivity contribution in [2.45, 2.75) is 32.1 Å². The minimum absolute atomic E-state index is 0.245. The maximum Gasteiger partial charge on any atom is 0.222 e. The minimum atomic E-state index is 0.245. The number of fused-ring (bicyclic) bond motifs is 1. The summed E-state index contributed by atoms with van der Waals surface area (Å²) in [5.74, 6) is 0.245. The summed E-state index contributed by atoms with van der Waals surface area (Å²) in [6.45, 7) is 1.52. The quantitative estimate of drug-likeness (QED) is 0.758. The second-order valence-corrected chi connectivity index (χ2v) is 7.10. The van der Waals surface area contributed by atoms with E-state index in [9.17, 15) is 4.79 Å². The van der Waals surface area contributed by atoms with Crippen LogP contribution >= 0.6 is 0 Å². The topological polar surface area (TPSA) is 66.8 Å². The number of nitrogens with zero attached hydrogens (tertiary/aromatic N) is 4. The fraction of sp³-hybridized carbons (Fsp3) is 0.381. The fourth-order valence-corrected chi connectivity index (χ4v) is 3.91. The van der Waals surface area contributed by atoms with E-state index in [2.05, 4.69) is 34.5 Å². The van der Waals surface area contributed by atoms with Gasteiger partial charge in [0.15, 0.2) is 0 Å². The smallest absolute Gasteiger partial charge is 0.222 e. The molecule has 140 valence electrons. The Morgan fingerprint density at radius 3 is 2.78 bits per heavy atom. The lowest BCUT2D eigenvalue weighted by Crippen LogP contribution is -2.33. The summed E-state index contributed by atoms with van der Waals surface area (Å²) in [6.07, 6.45) is 7.73. The van der Waals surface area contributed by atoms with E-state index in [0.717, 1.165) is 50.0 Å². The molecular weight excluding hydrogens is 338 g/mol. The molecule has 2 aromatic heterocycles. The van der Waals surface area contributed by atoms with Crippen LogP contribution in [0.3, 0.4) is 0 Å². The first-order valence-electron chi connectivity index (χ1n) is 9.58. The number of H-pyrrole nitrogens is 1. The number of rotatable bonds is 5. The van der Waals surface area contributed by atoms with Gasteiger partial charge in [0.2, 0.25) is 5.91 Å². The van der Waals surface area contributed by atoms with Gasteiger partial charge in [-0.25, -0.2) is 0 Å². The third-order valence-corrected chi connectivity index (χ3v) is 5.29. The molecule has 1 aliphatic heterocycles. The number of aryl methyl sites for hydroxylation is 2. The van der Waals surface area contributed by atoms with Gasteiger partial charge in [0.05, 0.1) is 17.6 Å². The first kappa shape index (κ1) is 17.5. The van der Waals surface area contributed by atoms with Gasteiger partial charge < -0.3 is 4.90 Å². The van der Waals surface area contributed by atoms with Crippen LogP contribution < -0.4 is 0 Å². The van der Waals surface area contributed by atoms with E-state index >= 15 is 0 Å². The zero-order valence-corrected chi connectivity index (χ0v) is 15.7. The molecular formula is C21H25N5O. The number of hydrogen-bond acceptors (Lipinski definition) is 3. The normalized spacial score (nSPS) is 14.0. The molecule has 0 spiro atoms. The summed E-state index contributed by atoms with van der Waals surface area (Å²) in [4.78, 5) is 14.7. The predicted molar refractivity (Wildman–Crippen MR) is 104 cm³/mol. The van der Waals surface area contributed by atoms with Crippen molar-refractivity contribution >= 4 is 5.91 Å². The molecule has 1 aliphatic rings. The average molecular weight is 363 g/mol. The zero-order valence-electron chi connectivity index (χ0n) is 15.7. The van der Waals surface area contributed by atoms with E-state index in [1.807, 2.05) is 35.1 Å². The van der Waals surface area contributed by atoms with Gasteiger partial charge in [0, 0.05) is 50.3 Å². The van der Waals surface area contributed by atoms with Crippen LogP contribution in [-0.2, 0) is 31.1 Å². The first-order valence-corrected chi connectivity index (χ1v) is 9.58. The van der Waals surface area contributed by atoms with E-state index in [1.54, 1.807) is 0 Å². The standard InChI is InChI=1S/C21H25N5O/c1-25-21(17-7-3-2-4-8-17)18-10-12-26(13-11-19(18)24-25)20(27)9-5-6-16-14-22-23-15-16/h2-4,7-8,14-15H,5-6,9-13H2,1H3,(H,22,23). The van der Waals surface area contributed by atoms with Crippen molar-refractivity contribution in [3.63, 3.8) is 0 Å². The maximum absolute atomic E-state index is 12.7. The van der Waals surface area contributed by atoms with Gasteiger partial charge >= 0.3 is 0 Å². The highest BCUT2D eigenvalue weighted by Gasteiger charge is 2.24. The molecule has 0 unspecified atom stereocenters. The number of aromatic nitrogens is 4. The SMILES string of the molecule is Cn1nc2c(c1-c1ccccc1)CCN(C(=O)CCCc1cn[nH]c1)CC2. The summed E-state index contributed by atoms with van der Waals surface area (Å²) >= 11 is 0. The minimum Gasteiger partial charge on any atom is -0.342 e. The Morgan fingerprint density at radius 1 is 1.19 bits per heavy atom. The van der Waals surface area contributed by atoms with Crippen molar-refractivity contribution < 1.29 is 4.79 Å². The number of carbonyl (C=O) groups is 1. The largest absolute Gasteiger partial charge is 0.342 e. The van der Waals surface area contributed by atoms with Crippen molar-refractivity contribution in [3.05, 3.63) is 59.5 Å². The Bertz CT molecular complexity index is 898. The summed E-state index contributed by atoms with van der Waals surface area (Å²) in [6, 6.07) is 10.4. The van der Waals surface area contributed by atoms with Gasteiger partial charge in [0.25, 0.3) is 0 Å². The van der Waals surface area contributed by atoms with Crippen molar-refractivity contribution in [2.24, 2.45) is 7.05 Å². The molecule has 0 aliphatic carbocycles. The second kappa shape index (κ2) is 7.78. The van der Waals surface area contributed by atoms with Crippen molar-refractivity contribution in [3.8, 4) is 11.3 Å². The van der Waals surface area contributed by atoms with Crippen LogP contribution in [0.4, 0.5) is 0 Å². The van der Waals surface area contributed by atoms with Gasteiger partial charge in [-0.15, -0.1) is 0 Å². The lowest BCUT2D eigenvalue weighted by Gasteiger charge is -2.20. The van der Waals surface area contributed by atoms with Gasteiger partial charge in [-0.05, 0) is 24.8 Å². The summed E-state index contributed by atoms with van der Waals surface area (Å²) in [5, 5.41) is 11.5. The molecule has 6 heteroatoms. The molecule has 0 atom stereocenters. The molecule has 3 aromatic rings. The van der Waals surface area contributed by atoms with Crippen molar-refractivity contribution in [1.82, 2.24) is 24.9 Å². The summed E-state index contributed by atoms with van der Waals surface area (Å²) in [7, 11) is 2.01. The summed E-state index contributed by atoms with van der Waals surface area (Å²) in [5.41, 5.74) is 5.94. The average Bonchev–Trinajstić information content (AvgIpc) is 3.25. The van der Waals surface area contributed by atoms with E-state index in [1.165, 1.54) is 16.8 Å². The molecule has 6 nitrogen and oxygen atoms in total. The van der Waals surface area contributed by atoms with Crippen LogP contribution in [0, 0.1) is 0 Å². The Morgan fingerprint density at radius 2 is 2.00 bits per heavy atom. The van der Waals surface area contributed by atoms with Crippen LogP contribution in [0.2, 0.25) is 0 Å². The second-order valence-electron chi connectivity index (χ2n) is 7.10. The molecule has 1 N–H and O–H groups in total. The number of benzene rings is 1. The van der Waals surface area contributed by atoms with E-state index in [4.69, 9.17) is 5.10 Å². The predicted octanol–water partition coefficient (Wildman–Crippen LogP) is 2.76. The van der Waals surface area contributed by atoms with Gasteiger partial charge in [-0.3, -0.25) is 14.6 Å². The van der Waals surface area contributed by atoms with Gasteiger partial charge in [0.1, 0.15) is 0 Å². The van der Waals surface area contributed by atoms with E-state index in [-0.39, 0.29) is 5.91 Å². The van der Waals surface area contributed by atoms with Crippen molar-refractivity contribution in [1.29, 1.82) is 0 Å². The van der Waals surface area contributed by atoms with E-state index in [0.29, 0.717) is 6.42 Å². The van der Waals surface area contributed by atoms with Crippen LogP contribution in [-0.4, -0.2) is 43.9 Å². The fourth-order valence-electron chi connectivity index (χ4n) is 3.91. The van der Waals surface area contributed by atoms with Crippen LogP contribution in [0.15, 0.2) is 42.7 Å². The van der Waals surface area contributed by atoms with Crippen LogP contribution in [0.1, 0.15) is 29.7 Å². The number of aromatic amines is 1. The van der Waals surface area contributed by atoms with Gasteiger partial charge in [-0.1, -0.05) is 30.3 Å². The molecule has 27 heavy (non-hydrogen) atoms. The number of carbonyl (C=O) groups excluding carboxylic acids is 1.